The van der Waals surface area contributed by atoms with Gasteiger partial charge in [0.15, 0.2) is 0 Å². The molecule has 0 unspecified atom stereocenters. The van der Waals surface area contributed by atoms with Gasteiger partial charge in [-0.3, -0.25) is 14.7 Å². The Morgan fingerprint density at radius 1 is 1.38 bits per heavy atom. The largest absolute Gasteiger partial charge is 0.317 e. The van der Waals surface area contributed by atoms with Crippen LogP contribution < -0.4 is 10.6 Å². The summed E-state index contributed by atoms with van der Waals surface area (Å²) in [5.74, 6) is 0.623. The molecule has 0 aromatic carbocycles. The molecule has 21 heavy (non-hydrogen) atoms. The minimum absolute atomic E-state index is 0.0469. The van der Waals surface area contributed by atoms with E-state index in [9.17, 15) is 9.59 Å². The van der Waals surface area contributed by atoms with Gasteiger partial charge >= 0.3 is 0 Å². The van der Waals surface area contributed by atoms with Gasteiger partial charge in [-0.25, -0.2) is 0 Å². The van der Waals surface area contributed by atoms with Crippen molar-refractivity contribution in [3.8, 4) is 0 Å². The molecule has 0 radical (unpaired) electrons. The van der Waals surface area contributed by atoms with E-state index >= 15 is 0 Å². The van der Waals surface area contributed by atoms with Crippen molar-refractivity contribution in [2.24, 2.45) is 5.92 Å². The molecule has 2 aromatic rings. The minimum Gasteiger partial charge on any atom is -0.317 e. The number of aryl methyl sites for hydroxylation is 1. The normalized spacial score (nSPS) is 14.0. The van der Waals surface area contributed by atoms with Crippen LogP contribution in [0.15, 0.2) is 18.3 Å². The number of carbonyl (C=O) groups excluding carboxylic acids is 2. The molecule has 0 atom stereocenters. The smallest absolute Gasteiger partial charge is 0.266 e. The van der Waals surface area contributed by atoms with Crippen LogP contribution in [0.5, 0.6) is 0 Å². The maximum atomic E-state index is 12.2. The molecule has 2 amide bonds. The number of rotatable bonds is 5. The van der Waals surface area contributed by atoms with E-state index in [1.807, 2.05) is 6.92 Å². The van der Waals surface area contributed by atoms with Crippen molar-refractivity contribution in [3.05, 3.63) is 28.8 Å². The molecule has 0 spiro atoms. The van der Waals surface area contributed by atoms with Crippen LogP contribution >= 0.6 is 11.3 Å². The van der Waals surface area contributed by atoms with Crippen LogP contribution in [0.1, 0.15) is 35.0 Å². The third-order valence-corrected chi connectivity index (χ3v) is 4.36. The lowest BCUT2D eigenvalue weighted by molar-refractivity contribution is -0.117. The summed E-state index contributed by atoms with van der Waals surface area (Å²) in [6, 6.07) is 3.47. The fourth-order valence-corrected chi connectivity index (χ4v) is 2.76. The van der Waals surface area contributed by atoms with Crippen molar-refractivity contribution in [2.75, 3.05) is 10.6 Å². The third kappa shape index (κ3) is 3.13. The standard InChI is InChI=1S/C14H16N4O2S/c1-2-8-7-15-18-12(8)17-14(20)10-5-6-11(21-10)16-13(19)9-3-4-9/h5-7,9H,2-4H2,1H3,(H,16,19)(H2,15,17,18,20). The lowest BCUT2D eigenvalue weighted by Gasteiger charge is -2.02. The molecule has 6 nitrogen and oxygen atoms in total. The summed E-state index contributed by atoms with van der Waals surface area (Å²) in [5, 5.41) is 13.0. The second-order valence-corrected chi connectivity index (χ2v) is 6.09. The Balaban J connectivity index is 1.65. The topological polar surface area (TPSA) is 86.9 Å². The summed E-state index contributed by atoms with van der Waals surface area (Å²) in [6.07, 6.45) is 4.42. The Hall–Kier alpha value is -2.15. The monoisotopic (exact) mass is 304 g/mol. The van der Waals surface area contributed by atoms with Gasteiger partial charge in [0.05, 0.1) is 16.1 Å². The van der Waals surface area contributed by atoms with E-state index in [2.05, 4.69) is 20.8 Å². The molecule has 0 aliphatic heterocycles. The zero-order valence-corrected chi connectivity index (χ0v) is 12.4. The molecule has 2 aromatic heterocycles. The van der Waals surface area contributed by atoms with Crippen LogP contribution in [0.3, 0.4) is 0 Å². The Morgan fingerprint density at radius 3 is 2.90 bits per heavy atom. The van der Waals surface area contributed by atoms with Gasteiger partial charge in [-0.05, 0) is 31.4 Å². The van der Waals surface area contributed by atoms with Gasteiger partial charge in [-0.1, -0.05) is 6.92 Å². The number of amides is 2. The molecule has 110 valence electrons. The van der Waals surface area contributed by atoms with Gasteiger partial charge in [0.25, 0.3) is 5.91 Å². The van der Waals surface area contributed by atoms with Gasteiger partial charge in [0, 0.05) is 11.5 Å². The highest BCUT2D eigenvalue weighted by atomic mass is 32.1. The Kier molecular flexibility index (Phi) is 3.74. The maximum absolute atomic E-state index is 12.2. The molecular weight excluding hydrogens is 288 g/mol. The lowest BCUT2D eigenvalue weighted by Crippen LogP contribution is -2.12. The van der Waals surface area contributed by atoms with Crippen molar-refractivity contribution in [3.63, 3.8) is 0 Å². The van der Waals surface area contributed by atoms with Crippen LogP contribution in [-0.2, 0) is 11.2 Å². The molecule has 1 aliphatic carbocycles. The number of hydrogen-bond donors (Lipinski definition) is 3. The highest BCUT2D eigenvalue weighted by Crippen LogP contribution is 2.31. The van der Waals surface area contributed by atoms with E-state index in [0.29, 0.717) is 15.7 Å². The molecule has 1 aliphatic rings. The first-order valence-electron chi connectivity index (χ1n) is 6.91. The molecule has 3 rings (SSSR count). The van der Waals surface area contributed by atoms with Crippen molar-refractivity contribution < 1.29 is 9.59 Å². The van der Waals surface area contributed by atoms with Crippen molar-refractivity contribution in [1.29, 1.82) is 0 Å². The van der Waals surface area contributed by atoms with E-state index in [1.165, 1.54) is 11.3 Å². The zero-order chi connectivity index (χ0) is 14.8. The van der Waals surface area contributed by atoms with Gasteiger partial charge in [0.1, 0.15) is 5.82 Å². The zero-order valence-electron chi connectivity index (χ0n) is 11.6. The third-order valence-electron chi connectivity index (χ3n) is 3.36. The molecule has 0 saturated heterocycles. The van der Waals surface area contributed by atoms with E-state index in [0.717, 1.165) is 24.8 Å². The van der Waals surface area contributed by atoms with Crippen LogP contribution in [0.25, 0.3) is 0 Å². The predicted molar refractivity (Wildman–Crippen MR) is 81.6 cm³/mol. The number of thiophene rings is 1. The number of anilines is 2. The number of nitrogens with one attached hydrogen (secondary N) is 3. The minimum atomic E-state index is -0.203. The SMILES string of the molecule is CCc1cn[nH]c1NC(=O)c1ccc(NC(=O)C2CC2)s1. The summed E-state index contributed by atoms with van der Waals surface area (Å²) >= 11 is 1.27. The number of aromatic nitrogens is 2. The number of carbonyl (C=O) groups is 2. The predicted octanol–water partition coefficient (Wildman–Crippen LogP) is 2.63. The second kappa shape index (κ2) is 5.69. The molecular formula is C14H16N4O2S. The molecule has 1 fully saturated rings. The number of H-pyrrole nitrogens is 1. The first-order chi connectivity index (χ1) is 10.2. The van der Waals surface area contributed by atoms with Crippen molar-refractivity contribution >= 4 is 34.0 Å². The van der Waals surface area contributed by atoms with Gasteiger partial charge in [-0.2, -0.15) is 5.10 Å². The Morgan fingerprint density at radius 2 is 2.19 bits per heavy atom. The summed E-state index contributed by atoms with van der Waals surface area (Å²) in [5.41, 5.74) is 0.960. The molecule has 3 N–H and O–H groups in total. The average Bonchev–Trinajstić information content (AvgIpc) is 3.07. The highest BCUT2D eigenvalue weighted by molar-refractivity contribution is 7.18. The van der Waals surface area contributed by atoms with Crippen LogP contribution in [0.2, 0.25) is 0 Å². The lowest BCUT2D eigenvalue weighted by atomic mass is 10.2. The van der Waals surface area contributed by atoms with Crippen molar-refractivity contribution in [1.82, 2.24) is 10.2 Å². The maximum Gasteiger partial charge on any atom is 0.266 e. The summed E-state index contributed by atoms with van der Waals surface area (Å²) in [6.45, 7) is 2.00. The van der Waals surface area contributed by atoms with E-state index < -0.39 is 0 Å². The summed E-state index contributed by atoms with van der Waals surface area (Å²) in [7, 11) is 0. The Labute approximate surface area is 125 Å². The summed E-state index contributed by atoms with van der Waals surface area (Å²) in [4.78, 5) is 24.4. The summed E-state index contributed by atoms with van der Waals surface area (Å²) < 4.78 is 0. The van der Waals surface area contributed by atoms with Crippen LogP contribution in [0.4, 0.5) is 10.8 Å². The van der Waals surface area contributed by atoms with Gasteiger partial charge in [-0.15, -0.1) is 11.3 Å². The van der Waals surface area contributed by atoms with E-state index in [4.69, 9.17) is 0 Å². The molecule has 7 heteroatoms. The van der Waals surface area contributed by atoms with Gasteiger partial charge in [0.2, 0.25) is 5.91 Å². The Bertz CT molecular complexity index is 672. The molecule has 2 heterocycles. The van der Waals surface area contributed by atoms with E-state index in [1.54, 1.807) is 18.3 Å². The average molecular weight is 304 g/mol. The quantitative estimate of drug-likeness (QED) is 0.793. The number of nitrogens with zero attached hydrogens (tertiary/aromatic N) is 1. The highest BCUT2D eigenvalue weighted by Gasteiger charge is 2.29. The second-order valence-electron chi connectivity index (χ2n) is 5.01. The molecule has 1 saturated carbocycles. The number of aromatic amines is 1. The van der Waals surface area contributed by atoms with E-state index in [-0.39, 0.29) is 17.7 Å². The van der Waals surface area contributed by atoms with Crippen LogP contribution in [0, 0.1) is 5.92 Å². The molecule has 0 bridgehead atoms. The number of hydrogen-bond acceptors (Lipinski definition) is 4. The fraction of sp³-hybridized carbons (Fsp3) is 0.357. The first kappa shape index (κ1) is 13.8. The first-order valence-corrected chi connectivity index (χ1v) is 7.73. The van der Waals surface area contributed by atoms with Crippen LogP contribution in [-0.4, -0.2) is 22.0 Å². The van der Waals surface area contributed by atoms with Crippen molar-refractivity contribution in [2.45, 2.75) is 26.2 Å². The fourth-order valence-electron chi connectivity index (χ4n) is 1.96. The van der Waals surface area contributed by atoms with Gasteiger partial charge < -0.3 is 10.6 Å².